The van der Waals surface area contributed by atoms with Crippen molar-refractivity contribution >= 4 is 0 Å². The van der Waals surface area contributed by atoms with Crippen LogP contribution in [0.5, 0.6) is 0 Å². The monoisotopic (exact) mass is 601 g/mol. The Balaban J connectivity index is 0.000000177. The quantitative estimate of drug-likeness (QED) is 0.260. The van der Waals surface area contributed by atoms with Gasteiger partial charge in [0.2, 0.25) is 0 Å². The third-order valence-corrected chi connectivity index (χ3v) is 13.8. The van der Waals surface area contributed by atoms with Gasteiger partial charge in [-0.2, -0.15) is 0 Å². The van der Waals surface area contributed by atoms with E-state index in [0.29, 0.717) is 0 Å². The van der Waals surface area contributed by atoms with E-state index in [9.17, 15) is 0 Å². The average molecular weight is 601 g/mol. The van der Waals surface area contributed by atoms with E-state index in [4.69, 9.17) is 0 Å². The zero-order chi connectivity index (χ0) is 30.7. The van der Waals surface area contributed by atoms with Crippen molar-refractivity contribution < 1.29 is 0 Å². The molecule has 0 radical (unpaired) electrons. The fourth-order valence-electron chi connectivity index (χ4n) is 10.1. The first kappa shape index (κ1) is 34.3. The molecule has 0 aromatic heterocycles. The second-order valence-corrected chi connectivity index (χ2v) is 17.4. The summed E-state index contributed by atoms with van der Waals surface area (Å²) in [5, 5.41) is 0. The van der Waals surface area contributed by atoms with Crippen molar-refractivity contribution in [2.45, 2.75) is 175 Å². The molecule has 0 N–H and O–H groups in total. The van der Waals surface area contributed by atoms with E-state index in [-0.39, 0.29) is 0 Å². The van der Waals surface area contributed by atoms with E-state index in [2.05, 4.69) is 58.0 Å². The Morgan fingerprint density at radius 3 is 1.50 bits per heavy atom. The number of allylic oxidation sites excluding steroid dienone is 2. The van der Waals surface area contributed by atoms with Crippen LogP contribution < -0.4 is 0 Å². The van der Waals surface area contributed by atoms with Gasteiger partial charge in [0.1, 0.15) is 0 Å². The summed E-state index contributed by atoms with van der Waals surface area (Å²) in [4.78, 5) is 0. The van der Waals surface area contributed by atoms with Gasteiger partial charge in [-0.25, -0.2) is 0 Å². The van der Waals surface area contributed by atoms with Crippen molar-refractivity contribution in [3.63, 3.8) is 0 Å². The lowest BCUT2D eigenvalue weighted by Gasteiger charge is -2.38. The van der Waals surface area contributed by atoms with Crippen molar-refractivity contribution in [3.8, 4) is 0 Å². The average Bonchev–Trinajstić information content (AvgIpc) is 3.06. The van der Waals surface area contributed by atoms with Gasteiger partial charge >= 0.3 is 0 Å². The fraction of sp³-hybridized carbons (Fsp3) is 0.818. The second-order valence-electron chi connectivity index (χ2n) is 17.4. The molecule has 4 saturated carbocycles. The van der Waals surface area contributed by atoms with Crippen LogP contribution in [0.2, 0.25) is 0 Å². The highest BCUT2D eigenvalue weighted by Gasteiger charge is 2.31. The molecule has 1 aromatic rings. The minimum Gasteiger partial charge on any atom is -0.0848 e. The Kier molecular flexibility index (Phi) is 13.8. The summed E-state index contributed by atoms with van der Waals surface area (Å²) in [5.41, 5.74) is 4.76. The molecule has 1 atom stereocenters. The highest BCUT2D eigenvalue weighted by molar-refractivity contribution is 5.21. The van der Waals surface area contributed by atoms with Crippen molar-refractivity contribution in [1.29, 1.82) is 0 Å². The summed E-state index contributed by atoms with van der Waals surface area (Å²) in [5.74, 6) is 9.23. The van der Waals surface area contributed by atoms with Gasteiger partial charge in [0.05, 0.1) is 0 Å². The molecular formula is C44H72. The lowest BCUT2D eigenvalue weighted by atomic mass is 9.67. The third-order valence-electron chi connectivity index (χ3n) is 13.8. The van der Waals surface area contributed by atoms with E-state index < -0.39 is 0 Å². The maximum absolute atomic E-state index is 2.61. The Hall–Kier alpha value is -1.04. The molecule has 44 heavy (non-hydrogen) atoms. The zero-order valence-electron chi connectivity index (χ0n) is 29.8. The molecule has 0 heteroatoms. The molecular weight excluding hydrogens is 528 g/mol. The third kappa shape index (κ3) is 11.0. The number of aryl methyl sites for hydroxylation is 2. The van der Waals surface area contributed by atoms with Gasteiger partial charge in [-0.1, -0.05) is 139 Å². The highest BCUT2D eigenvalue weighted by Crippen LogP contribution is 2.44. The summed E-state index contributed by atoms with van der Waals surface area (Å²) in [6.07, 6.45) is 36.9. The zero-order valence-corrected chi connectivity index (χ0v) is 29.8. The number of benzene rings is 1. The van der Waals surface area contributed by atoms with Gasteiger partial charge in [0, 0.05) is 0 Å². The lowest BCUT2D eigenvalue weighted by molar-refractivity contribution is 0.156. The van der Waals surface area contributed by atoms with Crippen molar-refractivity contribution in [1.82, 2.24) is 0 Å². The van der Waals surface area contributed by atoms with Crippen LogP contribution >= 0.6 is 0 Å². The molecule has 1 unspecified atom stereocenters. The molecule has 248 valence electrons. The summed E-state index contributed by atoms with van der Waals surface area (Å²) >= 11 is 0. The second kappa shape index (κ2) is 17.8. The van der Waals surface area contributed by atoms with Crippen LogP contribution in [0, 0.1) is 60.2 Å². The molecule has 1 aromatic carbocycles. The Bertz CT molecular complexity index is 936. The first-order valence-corrected chi connectivity index (χ1v) is 20.2. The SMILES string of the molecule is CC1CC=C(C2CCC(C3CCC(C)CC3)CC2)CC1.Cc1ccc(CCC2CCC(CCC3CCC(C)CC3)CC2)cc1. The molecule has 5 aliphatic rings. The molecule has 0 bridgehead atoms. The normalized spacial score (nSPS) is 36.5. The molecule has 0 spiro atoms. The largest absolute Gasteiger partial charge is 0.0848 e. The van der Waals surface area contributed by atoms with Crippen LogP contribution in [-0.4, -0.2) is 0 Å². The van der Waals surface area contributed by atoms with Gasteiger partial charge in [-0.05, 0) is 136 Å². The standard InChI is InChI=1S/C24H38.C20H34/c1-19-3-7-21(8-4-19)11-13-23-15-17-24(18-16-23)14-12-22-9-5-20(2)6-10-22;1-15-3-7-17(8-4-15)19-11-13-20(14-12-19)18-9-5-16(2)6-10-18/h3-4,7-8,20,22-24H,5-6,9-18H2,1-2H3;7,15-16,18-20H,3-6,8-14H2,1-2H3. The minimum atomic E-state index is 0.944. The van der Waals surface area contributed by atoms with E-state index in [1.807, 2.05) is 5.57 Å². The molecule has 5 aliphatic carbocycles. The van der Waals surface area contributed by atoms with E-state index in [1.165, 1.54) is 159 Å². The maximum atomic E-state index is 2.61. The van der Waals surface area contributed by atoms with Crippen LogP contribution in [0.3, 0.4) is 0 Å². The maximum Gasteiger partial charge on any atom is -0.0203 e. The number of hydrogen-bond acceptors (Lipinski definition) is 0. The van der Waals surface area contributed by atoms with E-state index in [1.54, 1.807) is 0 Å². The van der Waals surface area contributed by atoms with Gasteiger partial charge in [-0.3, -0.25) is 0 Å². The van der Waals surface area contributed by atoms with Crippen molar-refractivity contribution in [2.24, 2.45) is 53.3 Å². The van der Waals surface area contributed by atoms with E-state index >= 15 is 0 Å². The van der Waals surface area contributed by atoms with Crippen molar-refractivity contribution in [2.75, 3.05) is 0 Å². The topological polar surface area (TPSA) is 0 Å². The minimum absolute atomic E-state index is 0.944. The van der Waals surface area contributed by atoms with Crippen LogP contribution in [0.4, 0.5) is 0 Å². The Morgan fingerprint density at radius 1 is 0.500 bits per heavy atom. The van der Waals surface area contributed by atoms with Gasteiger partial charge in [-0.15, -0.1) is 0 Å². The molecule has 0 heterocycles. The number of hydrogen-bond donors (Lipinski definition) is 0. The predicted molar refractivity (Wildman–Crippen MR) is 193 cm³/mol. The molecule has 0 amide bonds. The van der Waals surface area contributed by atoms with Gasteiger partial charge in [0.25, 0.3) is 0 Å². The fourth-order valence-corrected chi connectivity index (χ4v) is 10.1. The molecule has 0 saturated heterocycles. The van der Waals surface area contributed by atoms with Crippen LogP contribution in [0.15, 0.2) is 35.9 Å². The van der Waals surface area contributed by atoms with Crippen LogP contribution in [0.1, 0.15) is 173 Å². The van der Waals surface area contributed by atoms with Gasteiger partial charge in [0.15, 0.2) is 0 Å². The number of rotatable bonds is 8. The summed E-state index contributed by atoms with van der Waals surface area (Å²) in [6, 6.07) is 9.18. The van der Waals surface area contributed by atoms with Crippen LogP contribution in [-0.2, 0) is 6.42 Å². The smallest absolute Gasteiger partial charge is 0.0203 e. The molecule has 0 aliphatic heterocycles. The molecule has 0 nitrogen and oxygen atoms in total. The highest BCUT2D eigenvalue weighted by atomic mass is 14.4. The summed E-state index contributed by atoms with van der Waals surface area (Å²) in [6.45, 7) is 9.48. The Morgan fingerprint density at radius 2 is 0.977 bits per heavy atom. The van der Waals surface area contributed by atoms with Gasteiger partial charge < -0.3 is 0 Å². The first-order chi connectivity index (χ1) is 21.4. The van der Waals surface area contributed by atoms with Crippen LogP contribution in [0.25, 0.3) is 0 Å². The lowest BCUT2D eigenvalue weighted by Crippen LogP contribution is -2.26. The molecule has 6 rings (SSSR count). The van der Waals surface area contributed by atoms with Crippen molar-refractivity contribution in [3.05, 3.63) is 47.0 Å². The summed E-state index contributed by atoms with van der Waals surface area (Å²) in [7, 11) is 0. The predicted octanol–water partition coefficient (Wildman–Crippen LogP) is 13.7. The summed E-state index contributed by atoms with van der Waals surface area (Å²) < 4.78 is 0. The molecule has 4 fully saturated rings. The van der Waals surface area contributed by atoms with E-state index in [0.717, 1.165) is 53.3 Å². The Labute approximate surface area is 275 Å². The first-order valence-electron chi connectivity index (χ1n) is 20.2.